The summed E-state index contributed by atoms with van der Waals surface area (Å²) in [6.07, 6.45) is 1.09. The number of ether oxygens (including phenoxy) is 1. The van der Waals surface area contributed by atoms with E-state index in [4.69, 9.17) is 16.3 Å². The first-order valence-corrected chi connectivity index (χ1v) is 9.65. The Morgan fingerprint density at radius 3 is 2.69 bits per heavy atom. The molecule has 1 heterocycles. The summed E-state index contributed by atoms with van der Waals surface area (Å²) in [7, 11) is 5.73. The van der Waals surface area contributed by atoms with E-state index < -0.39 is 0 Å². The van der Waals surface area contributed by atoms with Crippen LogP contribution < -0.4 is 10.2 Å². The Hall–Kier alpha value is -1.50. The molecule has 7 heteroatoms. The second-order valence-electron chi connectivity index (χ2n) is 6.58. The Morgan fingerprint density at radius 2 is 2.04 bits per heavy atom. The third-order valence-electron chi connectivity index (χ3n) is 4.64. The van der Waals surface area contributed by atoms with Gasteiger partial charge in [-0.05, 0) is 38.2 Å². The zero-order chi connectivity index (χ0) is 18.8. The summed E-state index contributed by atoms with van der Waals surface area (Å²) in [5, 5.41) is 4.28. The Bertz CT molecular complexity index is 561. The van der Waals surface area contributed by atoms with Crippen LogP contribution in [0.25, 0.3) is 0 Å². The maximum absolute atomic E-state index is 6.11. The first-order valence-electron chi connectivity index (χ1n) is 9.27. The van der Waals surface area contributed by atoms with Gasteiger partial charge in [-0.2, -0.15) is 0 Å². The summed E-state index contributed by atoms with van der Waals surface area (Å²) in [5.41, 5.74) is 1.19. The zero-order valence-electron chi connectivity index (χ0n) is 16.2. The molecule has 146 valence electrons. The van der Waals surface area contributed by atoms with Crippen molar-refractivity contribution in [3.05, 3.63) is 29.3 Å². The van der Waals surface area contributed by atoms with Gasteiger partial charge in [0.1, 0.15) is 0 Å². The molecule has 0 bridgehead atoms. The Morgan fingerprint density at radius 1 is 1.27 bits per heavy atom. The number of hydrogen-bond acceptors (Lipinski definition) is 4. The predicted octanol–water partition coefficient (Wildman–Crippen LogP) is 2.01. The summed E-state index contributed by atoms with van der Waals surface area (Å²) in [4.78, 5) is 11.4. The molecule has 0 aliphatic carbocycles. The fourth-order valence-electron chi connectivity index (χ4n) is 3.09. The lowest BCUT2D eigenvalue weighted by molar-refractivity contribution is 0.161. The molecule has 1 aliphatic heterocycles. The molecule has 0 spiro atoms. The quantitative estimate of drug-likeness (QED) is 0.424. The maximum atomic E-state index is 6.11. The molecular weight excluding hydrogens is 350 g/mol. The van der Waals surface area contributed by atoms with Crippen LogP contribution in [-0.4, -0.2) is 89.4 Å². The number of aliphatic imine (C=N–C) groups is 1. The fourth-order valence-corrected chi connectivity index (χ4v) is 3.27. The Kier molecular flexibility index (Phi) is 9.01. The van der Waals surface area contributed by atoms with E-state index in [-0.39, 0.29) is 0 Å². The number of piperazine rings is 1. The molecular formula is C19H32ClN5O. The van der Waals surface area contributed by atoms with E-state index in [1.165, 1.54) is 5.69 Å². The van der Waals surface area contributed by atoms with Gasteiger partial charge in [0, 0.05) is 64.1 Å². The Labute approximate surface area is 162 Å². The SMILES string of the molecule is CN=C(NCCCN(C)CCOC)N1CCN(c2cccc(Cl)c2)CC1. The molecule has 0 atom stereocenters. The van der Waals surface area contributed by atoms with Crippen molar-refractivity contribution in [2.45, 2.75) is 6.42 Å². The van der Waals surface area contributed by atoms with Gasteiger partial charge in [0.25, 0.3) is 0 Å². The van der Waals surface area contributed by atoms with Gasteiger partial charge in [-0.3, -0.25) is 4.99 Å². The van der Waals surface area contributed by atoms with Crippen molar-refractivity contribution in [2.24, 2.45) is 4.99 Å². The minimum Gasteiger partial charge on any atom is -0.383 e. The lowest BCUT2D eigenvalue weighted by Gasteiger charge is -2.37. The van der Waals surface area contributed by atoms with Crippen LogP contribution in [0.15, 0.2) is 29.3 Å². The average molecular weight is 382 g/mol. The third-order valence-corrected chi connectivity index (χ3v) is 4.88. The fraction of sp³-hybridized carbons (Fsp3) is 0.632. The number of guanidine groups is 1. The van der Waals surface area contributed by atoms with E-state index in [0.29, 0.717) is 0 Å². The second kappa shape index (κ2) is 11.3. The topological polar surface area (TPSA) is 43.3 Å². The molecule has 0 saturated carbocycles. The van der Waals surface area contributed by atoms with Crippen molar-refractivity contribution in [3.8, 4) is 0 Å². The highest BCUT2D eigenvalue weighted by Crippen LogP contribution is 2.20. The van der Waals surface area contributed by atoms with Crippen molar-refractivity contribution in [1.82, 2.24) is 15.1 Å². The number of hydrogen-bond donors (Lipinski definition) is 1. The molecule has 1 aromatic carbocycles. The molecule has 2 rings (SSSR count). The van der Waals surface area contributed by atoms with Crippen LogP contribution in [0.3, 0.4) is 0 Å². The summed E-state index contributed by atoms with van der Waals surface area (Å²) in [5.74, 6) is 0.996. The molecule has 1 N–H and O–H groups in total. The van der Waals surface area contributed by atoms with Gasteiger partial charge in [-0.15, -0.1) is 0 Å². The van der Waals surface area contributed by atoms with Crippen LogP contribution in [0.5, 0.6) is 0 Å². The molecule has 26 heavy (non-hydrogen) atoms. The largest absolute Gasteiger partial charge is 0.383 e. The maximum Gasteiger partial charge on any atom is 0.193 e. The van der Waals surface area contributed by atoms with Gasteiger partial charge in [0.2, 0.25) is 0 Å². The highest BCUT2D eigenvalue weighted by Gasteiger charge is 2.19. The van der Waals surface area contributed by atoms with Crippen molar-refractivity contribution in [1.29, 1.82) is 0 Å². The van der Waals surface area contributed by atoms with Gasteiger partial charge >= 0.3 is 0 Å². The van der Waals surface area contributed by atoms with E-state index in [0.717, 1.165) is 69.8 Å². The van der Waals surface area contributed by atoms with Crippen LogP contribution >= 0.6 is 11.6 Å². The third kappa shape index (κ3) is 6.67. The van der Waals surface area contributed by atoms with Crippen LogP contribution in [0.2, 0.25) is 5.02 Å². The molecule has 1 aliphatic rings. The minimum absolute atomic E-state index is 0.780. The highest BCUT2D eigenvalue weighted by molar-refractivity contribution is 6.30. The standard InChI is InChI=1S/C19H32ClN5O/c1-21-19(22-8-5-9-23(2)14-15-26-3)25-12-10-24(11-13-25)18-7-4-6-17(20)16-18/h4,6-7,16H,5,8-15H2,1-3H3,(H,21,22). The first kappa shape index (κ1) is 20.8. The molecule has 1 aromatic rings. The number of anilines is 1. The lowest BCUT2D eigenvalue weighted by Crippen LogP contribution is -2.52. The second-order valence-corrected chi connectivity index (χ2v) is 7.01. The number of nitrogens with one attached hydrogen (secondary N) is 1. The normalized spacial score (nSPS) is 15.7. The van der Waals surface area contributed by atoms with Gasteiger partial charge < -0.3 is 24.8 Å². The molecule has 0 amide bonds. The molecule has 6 nitrogen and oxygen atoms in total. The molecule has 1 saturated heterocycles. The van der Waals surface area contributed by atoms with E-state index in [1.807, 2.05) is 25.2 Å². The van der Waals surface area contributed by atoms with Crippen molar-refractivity contribution in [2.75, 3.05) is 78.5 Å². The lowest BCUT2D eigenvalue weighted by atomic mass is 10.2. The molecule has 0 radical (unpaired) electrons. The number of methoxy groups -OCH3 is 1. The first-order chi connectivity index (χ1) is 12.6. The number of likely N-dealkylation sites (N-methyl/N-ethyl adjacent to an activating group) is 1. The van der Waals surface area contributed by atoms with Crippen LogP contribution in [0.1, 0.15) is 6.42 Å². The predicted molar refractivity (Wildman–Crippen MR) is 111 cm³/mol. The smallest absolute Gasteiger partial charge is 0.193 e. The summed E-state index contributed by atoms with van der Waals surface area (Å²) < 4.78 is 5.11. The monoisotopic (exact) mass is 381 g/mol. The van der Waals surface area contributed by atoms with Gasteiger partial charge in [0.15, 0.2) is 5.96 Å². The Balaban J connectivity index is 1.71. The van der Waals surface area contributed by atoms with Crippen LogP contribution in [0, 0.1) is 0 Å². The van der Waals surface area contributed by atoms with E-state index in [9.17, 15) is 0 Å². The van der Waals surface area contributed by atoms with E-state index in [2.05, 4.69) is 38.1 Å². The molecule has 1 fully saturated rings. The number of benzene rings is 1. The number of halogens is 1. The molecule has 0 unspecified atom stereocenters. The van der Waals surface area contributed by atoms with Crippen molar-refractivity contribution >= 4 is 23.2 Å². The zero-order valence-corrected chi connectivity index (χ0v) is 17.0. The molecule has 0 aromatic heterocycles. The summed E-state index contributed by atoms with van der Waals surface area (Å²) >= 11 is 6.11. The van der Waals surface area contributed by atoms with Gasteiger partial charge in [0.05, 0.1) is 6.61 Å². The van der Waals surface area contributed by atoms with Gasteiger partial charge in [-0.1, -0.05) is 17.7 Å². The van der Waals surface area contributed by atoms with Crippen LogP contribution in [-0.2, 0) is 4.74 Å². The van der Waals surface area contributed by atoms with Crippen LogP contribution in [0.4, 0.5) is 5.69 Å². The van der Waals surface area contributed by atoms with E-state index in [1.54, 1.807) is 7.11 Å². The summed E-state index contributed by atoms with van der Waals surface area (Å²) in [6, 6.07) is 8.08. The van der Waals surface area contributed by atoms with Crippen molar-refractivity contribution < 1.29 is 4.74 Å². The summed E-state index contributed by atoms with van der Waals surface area (Å²) in [6.45, 7) is 7.59. The van der Waals surface area contributed by atoms with E-state index >= 15 is 0 Å². The average Bonchev–Trinajstić information content (AvgIpc) is 2.66. The number of rotatable bonds is 8. The van der Waals surface area contributed by atoms with Gasteiger partial charge in [-0.25, -0.2) is 0 Å². The number of nitrogens with zero attached hydrogens (tertiary/aromatic N) is 4. The van der Waals surface area contributed by atoms with Crippen molar-refractivity contribution in [3.63, 3.8) is 0 Å². The minimum atomic E-state index is 0.780. The highest BCUT2D eigenvalue weighted by atomic mass is 35.5.